The lowest BCUT2D eigenvalue weighted by atomic mass is 9.44. The Morgan fingerprint density at radius 3 is 2.24 bits per heavy atom. The van der Waals surface area contributed by atoms with Crippen LogP contribution in [0.15, 0.2) is 0 Å². The summed E-state index contributed by atoms with van der Waals surface area (Å²) in [7, 11) is 0. The van der Waals surface area contributed by atoms with Crippen LogP contribution in [-0.4, -0.2) is 34.2 Å². The van der Waals surface area contributed by atoms with Gasteiger partial charge in [0.1, 0.15) is 5.78 Å². The molecule has 4 heteroatoms. The van der Waals surface area contributed by atoms with Gasteiger partial charge in [-0.05, 0) is 97.2 Å². The minimum atomic E-state index is -0.676. The Morgan fingerprint density at radius 2 is 1.61 bits per heavy atom. The van der Waals surface area contributed by atoms with Crippen molar-refractivity contribution in [3.05, 3.63) is 0 Å². The molecule has 0 heterocycles. The summed E-state index contributed by atoms with van der Waals surface area (Å²) in [5, 5.41) is 22.3. The standard InChI is InChI=1S/C29H51NO3/c1-7-19(16(2)3)27(33)26(32)17(4)21-8-9-22-20-15-25(31)24-14-18(30)10-12-29(24,6)23(20)11-13-28(21,22)5/h16-24,26-27,32-33H,7-15,30H2,1-6H3/t17-,18+,19-,20-,21+,22-,23-,24+,26-,27-,28+,29+/m0/s1. The number of aliphatic hydroxyl groups is 2. The zero-order chi connectivity index (χ0) is 24.3. The number of fused-ring (bicyclic) bond motifs is 5. The lowest BCUT2D eigenvalue weighted by molar-refractivity contribution is -0.157. The van der Waals surface area contributed by atoms with Crippen LogP contribution in [0.1, 0.15) is 99.3 Å². The van der Waals surface area contributed by atoms with Gasteiger partial charge in [0.25, 0.3) is 0 Å². The van der Waals surface area contributed by atoms with Gasteiger partial charge in [0.05, 0.1) is 12.2 Å². The number of aliphatic hydroxyl groups excluding tert-OH is 2. The van der Waals surface area contributed by atoms with Crippen LogP contribution < -0.4 is 5.73 Å². The van der Waals surface area contributed by atoms with Crippen LogP contribution in [0.2, 0.25) is 0 Å². The third-order valence-corrected chi connectivity index (χ3v) is 11.9. The van der Waals surface area contributed by atoms with Gasteiger partial charge < -0.3 is 15.9 Å². The van der Waals surface area contributed by atoms with Crippen molar-refractivity contribution < 1.29 is 15.0 Å². The van der Waals surface area contributed by atoms with Crippen LogP contribution >= 0.6 is 0 Å². The molecule has 0 aromatic carbocycles. The summed E-state index contributed by atoms with van der Waals surface area (Å²) in [6.07, 6.45) is 8.04. The molecular weight excluding hydrogens is 410 g/mol. The quantitative estimate of drug-likeness (QED) is 0.508. The Labute approximate surface area is 202 Å². The summed E-state index contributed by atoms with van der Waals surface area (Å²) in [6, 6.07) is 0.194. The van der Waals surface area contributed by atoms with Gasteiger partial charge in [-0.3, -0.25) is 4.79 Å². The second-order valence-corrected chi connectivity index (χ2v) is 13.5. The van der Waals surface area contributed by atoms with Crippen molar-refractivity contribution in [3.63, 3.8) is 0 Å². The molecule has 0 amide bonds. The van der Waals surface area contributed by atoms with Gasteiger partial charge >= 0.3 is 0 Å². The van der Waals surface area contributed by atoms with E-state index in [1.807, 2.05) is 0 Å². The van der Waals surface area contributed by atoms with E-state index in [0.717, 1.165) is 38.5 Å². The molecule has 0 unspecified atom stereocenters. The monoisotopic (exact) mass is 461 g/mol. The van der Waals surface area contributed by atoms with Crippen molar-refractivity contribution >= 4 is 5.78 Å². The molecule has 4 N–H and O–H groups in total. The first-order valence-corrected chi connectivity index (χ1v) is 14.1. The molecule has 0 aromatic heterocycles. The Morgan fingerprint density at radius 1 is 0.970 bits per heavy atom. The highest BCUT2D eigenvalue weighted by atomic mass is 16.3. The van der Waals surface area contributed by atoms with Crippen LogP contribution in [0.4, 0.5) is 0 Å². The lowest BCUT2D eigenvalue weighted by Crippen LogP contribution is -2.58. The van der Waals surface area contributed by atoms with Crippen molar-refractivity contribution in [2.45, 2.75) is 118 Å². The highest BCUT2D eigenvalue weighted by Gasteiger charge is 2.62. The maximum Gasteiger partial charge on any atom is 0.136 e. The predicted octanol–water partition coefficient (Wildman–Crippen LogP) is 5.19. The van der Waals surface area contributed by atoms with E-state index in [2.05, 4.69) is 41.5 Å². The van der Waals surface area contributed by atoms with E-state index >= 15 is 0 Å². The smallest absolute Gasteiger partial charge is 0.136 e. The van der Waals surface area contributed by atoms with Gasteiger partial charge in [0, 0.05) is 18.4 Å². The lowest BCUT2D eigenvalue weighted by Gasteiger charge is -2.60. The molecule has 33 heavy (non-hydrogen) atoms. The molecule has 4 fully saturated rings. The van der Waals surface area contributed by atoms with Crippen molar-refractivity contribution in [3.8, 4) is 0 Å². The second-order valence-electron chi connectivity index (χ2n) is 13.5. The molecule has 0 aromatic rings. The van der Waals surface area contributed by atoms with Crippen LogP contribution in [0.25, 0.3) is 0 Å². The van der Waals surface area contributed by atoms with Crippen molar-refractivity contribution in [2.24, 2.45) is 63.9 Å². The third kappa shape index (κ3) is 4.04. The summed E-state index contributed by atoms with van der Waals surface area (Å²) < 4.78 is 0. The molecule has 0 radical (unpaired) electrons. The molecule has 4 aliphatic carbocycles. The summed E-state index contributed by atoms with van der Waals surface area (Å²) in [6.45, 7) is 13.5. The fourth-order valence-corrected chi connectivity index (χ4v) is 9.88. The number of rotatable bonds is 6. The first-order chi connectivity index (χ1) is 15.5. The van der Waals surface area contributed by atoms with Gasteiger partial charge in [-0.15, -0.1) is 0 Å². The first kappa shape index (κ1) is 25.6. The fraction of sp³-hybridized carbons (Fsp3) is 0.966. The Balaban J connectivity index is 1.54. The van der Waals surface area contributed by atoms with Gasteiger partial charge in [-0.25, -0.2) is 0 Å². The topological polar surface area (TPSA) is 83.5 Å². The van der Waals surface area contributed by atoms with Crippen molar-refractivity contribution in [2.75, 3.05) is 0 Å². The highest BCUT2D eigenvalue weighted by Crippen LogP contribution is 2.67. The van der Waals surface area contributed by atoms with E-state index in [1.165, 1.54) is 19.3 Å². The third-order valence-electron chi connectivity index (χ3n) is 11.9. The molecule has 0 aliphatic heterocycles. The normalized spacial score (nSPS) is 46.8. The molecular formula is C29H51NO3. The zero-order valence-electron chi connectivity index (χ0n) is 22.1. The average Bonchev–Trinajstić information content (AvgIpc) is 3.11. The summed E-state index contributed by atoms with van der Waals surface area (Å²) in [5.74, 6) is 3.33. The first-order valence-electron chi connectivity index (χ1n) is 14.1. The molecule has 190 valence electrons. The van der Waals surface area contributed by atoms with Gasteiger partial charge in [0.15, 0.2) is 0 Å². The molecule has 4 saturated carbocycles. The Bertz CT molecular complexity index is 724. The van der Waals surface area contributed by atoms with E-state index < -0.39 is 12.2 Å². The summed E-state index contributed by atoms with van der Waals surface area (Å²) in [5.41, 5.74) is 6.58. The molecule has 4 rings (SSSR count). The second kappa shape index (κ2) is 9.21. The number of ketones is 1. The summed E-state index contributed by atoms with van der Waals surface area (Å²) >= 11 is 0. The largest absolute Gasteiger partial charge is 0.390 e. The van der Waals surface area contributed by atoms with Crippen LogP contribution in [0.3, 0.4) is 0 Å². The number of carbonyl (C=O) groups excluding carboxylic acids is 1. The van der Waals surface area contributed by atoms with Crippen molar-refractivity contribution in [1.82, 2.24) is 0 Å². The SMILES string of the molecule is CC[C@@H](C(C)C)[C@H](O)[C@@H](O)[C@@H](C)[C@H]1CC[C@H]2[C@@H]3CC(=O)[C@H]4C[C@H](N)CC[C@]4(C)[C@H]3CC[C@]12C. The number of Topliss-reactive ketones (excluding diaryl/α,β-unsaturated/α-hetero) is 1. The van der Waals surface area contributed by atoms with E-state index in [0.29, 0.717) is 35.4 Å². The molecule has 4 nitrogen and oxygen atoms in total. The average molecular weight is 462 g/mol. The van der Waals surface area contributed by atoms with Crippen molar-refractivity contribution in [1.29, 1.82) is 0 Å². The maximum atomic E-state index is 13.4. The highest BCUT2D eigenvalue weighted by molar-refractivity contribution is 5.83. The predicted molar refractivity (Wildman–Crippen MR) is 133 cm³/mol. The van der Waals surface area contributed by atoms with Crippen LogP contribution in [0, 0.1) is 58.2 Å². The van der Waals surface area contributed by atoms with Gasteiger partial charge in [-0.2, -0.15) is 0 Å². The minimum Gasteiger partial charge on any atom is -0.390 e. The maximum absolute atomic E-state index is 13.4. The molecule has 0 spiro atoms. The molecule has 0 saturated heterocycles. The Kier molecular flexibility index (Phi) is 7.15. The van der Waals surface area contributed by atoms with Crippen LogP contribution in [-0.2, 0) is 4.79 Å². The van der Waals surface area contributed by atoms with E-state index in [4.69, 9.17) is 5.73 Å². The fourth-order valence-electron chi connectivity index (χ4n) is 9.88. The molecule has 12 atom stereocenters. The number of carbonyl (C=O) groups is 1. The molecule has 0 bridgehead atoms. The van der Waals surface area contributed by atoms with Gasteiger partial charge in [-0.1, -0.05) is 48.0 Å². The number of hydrogen-bond acceptors (Lipinski definition) is 4. The summed E-state index contributed by atoms with van der Waals surface area (Å²) in [4.78, 5) is 13.4. The zero-order valence-corrected chi connectivity index (χ0v) is 22.1. The number of hydrogen-bond donors (Lipinski definition) is 3. The van der Waals surface area contributed by atoms with E-state index in [-0.39, 0.29) is 34.6 Å². The van der Waals surface area contributed by atoms with Crippen LogP contribution in [0.5, 0.6) is 0 Å². The van der Waals surface area contributed by atoms with Gasteiger partial charge in [0.2, 0.25) is 0 Å². The molecule has 4 aliphatic rings. The number of nitrogens with two attached hydrogens (primary N) is 1. The minimum absolute atomic E-state index is 0.0784. The van der Waals surface area contributed by atoms with E-state index in [9.17, 15) is 15.0 Å². The van der Waals surface area contributed by atoms with E-state index in [1.54, 1.807) is 0 Å². The Hall–Kier alpha value is -0.450.